The summed E-state index contributed by atoms with van der Waals surface area (Å²) in [5.74, 6) is 1.09. The van der Waals surface area contributed by atoms with E-state index >= 15 is 0 Å². The van der Waals surface area contributed by atoms with E-state index in [1.54, 1.807) is 14.2 Å². The third-order valence-electron chi connectivity index (χ3n) is 7.65. The number of ether oxygens (including phenoxy) is 3. The van der Waals surface area contributed by atoms with Crippen molar-refractivity contribution in [1.29, 1.82) is 0 Å². The number of halogens is 1. The second-order valence-corrected chi connectivity index (χ2v) is 10.5. The van der Waals surface area contributed by atoms with Gasteiger partial charge in [-0.05, 0) is 67.5 Å². The summed E-state index contributed by atoms with van der Waals surface area (Å²) in [7, 11) is 3.31. The van der Waals surface area contributed by atoms with E-state index in [0.717, 1.165) is 72.3 Å². The molecule has 0 aromatic heterocycles. The van der Waals surface area contributed by atoms with Gasteiger partial charge in [0, 0.05) is 66.6 Å². The van der Waals surface area contributed by atoms with Gasteiger partial charge in [0.1, 0.15) is 6.61 Å². The SMILES string of the molecule is COCCCN1C2=C(C(=O)CCC2)C(c2ccc(OCc3ccc(Cl)cc3)c(OC)c2)C2=C1CCCC2=O. The molecular formula is C31H34ClNO5. The van der Waals surface area contributed by atoms with E-state index in [1.807, 2.05) is 42.5 Å². The van der Waals surface area contributed by atoms with E-state index in [0.29, 0.717) is 42.6 Å². The Morgan fingerprint density at radius 1 is 0.868 bits per heavy atom. The molecule has 0 atom stereocenters. The van der Waals surface area contributed by atoms with Crippen molar-refractivity contribution in [2.45, 2.75) is 57.5 Å². The highest BCUT2D eigenvalue weighted by Crippen LogP contribution is 2.50. The molecule has 0 spiro atoms. The van der Waals surface area contributed by atoms with Crippen LogP contribution in [0.1, 0.15) is 62.0 Å². The minimum Gasteiger partial charge on any atom is -0.493 e. The summed E-state index contributed by atoms with van der Waals surface area (Å²) in [5, 5.41) is 0.678. The van der Waals surface area contributed by atoms with E-state index in [9.17, 15) is 9.59 Å². The molecule has 5 rings (SSSR count). The molecule has 6 nitrogen and oxygen atoms in total. The molecule has 3 aliphatic rings. The lowest BCUT2D eigenvalue weighted by atomic mass is 9.71. The Morgan fingerprint density at radius 2 is 1.53 bits per heavy atom. The standard InChI is InChI=1S/C31H34ClNO5/c1-36-17-5-16-33-23-6-3-8-25(34)30(23)29(31-24(33)7-4-9-26(31)35)21-12-15-27(28(18-21)37-2)38-19-20-10-13-22(32)14-11-20/h10-15,18,29H,3-9,16-17,19H2,1-2H3. The fraction of sp³-hybridized carbons (Fsp3) is 0.419. The van der Waals surface area contributed by atoms with Crippen LogP contribution in [0.2, 0.25) is 5.02 Å². The monoisotopic (exact) mass is 535 g/mol. The summed E-state index contributed by atoms with van der Waals surface area (Å²) < 4.78 is 17.1. The zero-order chi connectivity index (χ0) is 26.6. The fourth-order valence-corrected chi connectivity index (χ4v) is 6.04. The van der Waals surface area contributed by atoms with Crippen molar-refractivity contribution in [3.8, 4) is 11.5 Å². The lowest BCUT2D eigenvalue weighted by Crippen LogP contribution is -2.39. The average molecular weight is 536 g/mol. The van der Waals surface area contributed by atoms with Gasteiger partial charge in [-0.1, -0.05) is 29.8 Å². The molecule has 200 valence electrons. The van der Waals surface area contributed by atoms with Crippen LogP contribution in [0.4, 0.5) is 0 Å². The van der Waals surface area contributed by atoms with Gasteiger partial charge < -0.3 is 19.1 Å². The minimum atomic E-state index is -0.376. The van der Waals surface area contributed by atoms with Crippen LogP contribution in [-0.2, 0) is 20.9 Å². The zero-order valence-electron chi connectivity index (χ0n) is 22.1. The van der Waals surface area contributed by atoms with Gasteiger partial charge in [-0.15, -0.1) is 0 Å². The minimum absolute atomic E-state index is 0.139. The van der Waals surface area contributed by atoms with Gasteiger partial charge in [0.05, 0.1) is 7.11 Å². The third-order valence-corrected chi connectivity index (χ3v) is 7.90. The summed E-state index contributed by atoms with van der Waals surface area (Å²) in [6.07, 6.45) is 5.22. The Labute approximate surface area is 229 Å². The van der Waals surface area contributed by atoms with Crippen LogP contribution in [-0.4, -0.2) is 43.8 Å². The van der Waals surface area contributed by atoms with Crippen LogP contribution in [0, 0.1) is 0 Å². The topological polar surface area (TPSA) is 65.1 Å². The maximum Gasteiger partial charge on any atom is 0.161 e. The number of hydrogen-bond acceptors (Lipinski definition) is 6. The van der Waals surface area contributed by atoms with E-state index in [2.05, 4.69) is 4.90 Å². The molecule has 0 bridgehead atoms. The van der Waals surface area contributed by atoms with Crippen molar-refractivity contribution in [3.05, 3.63) is 81.2 Å². The summed E-state index contributed by atoms with van der Waals surface area (Å²) in [6.45, 7) is 1.76. The largest absolute Gasteiger partial charge is 0.493 e. The number of allylic oxidation sites excluding steroid dienone is 4. The van der Waals surface area contributed by atoms with Crippen molar-refractivity contribution in [1.82, 2.24) is 4.90 Å². The molecule has 0 fully saturated rings. The predicted octanol–water partition coefficient (Wildman–Crippen LogP) is 6.38. The van der Waals surface area contributed by atoms with Crippen LogP contribution in [0.3, 0.4) is 0 Å². The Kier molecular flexibility index (Phi) is 8.20. The highest BCUT2D eigenvalue weighted by molar-refractivity contribution is 6.30. The van der Waals surface area contributed by atoms with E-state index in [1.165, 1.54) is 0 Å². The van der Waals surface area contributed by atoms with Crippen molar-refractivity contribution in [3.63, 3.8) is 0 Å². The molecule has 0 unspecified atom stereocenters. The lowest BCUT2D eigenvalue weighted by molar-refractivity contribution is -0.117. The number of ketones is 2. The van der Waals surface area contributed by atoms with Gasteiger partial charge in [0.2, 0.25) is 0 Å². The Bertz CT molecular complexity index is 1240. The van der Waals surface area contributed by atoms with Crippen molar-refractivity contribution < 1.29 is 23.8 Å². The number of Topliss-reactive ketones (excluding diaryl/α,β-unsaturated/α-hetero) is 2. The average Bonchev–Trinajstić information content (AvgIpc) is 2.93. The first-order valence-corrected chi connectivity index (χ1v) is 13.7. The first-order valence-electron chi connectivity index (χ1n) is 13.4. The molecule has 1 aliphatic heterocycles. The fourth-order valence-electron chi connectivity index (χ4n) is 5.91. The molecule has 0 N–H and O–H groups in total. The molecule has 38 heavy (non-hydrogen) atoms. The molecule has 7 heteroatoms. The summed E-state index contributed by atoms with van der Waals surface area (Å²) in [4.78, 5) is 29.2. The van der Waals surface area contributed by atoms with Crippen LogP contribution in [0.15, 0.2) is 65.0 Å². The second kappa shape index (κ2) is 11.7. The second-order valence-electron chi connectivity index (χ2n) is 10.0. The van der Waals surface area contributed by atoms with E-state index in [-0.39, 0.29) is 17.5 Å². The molecule has 1 heterocycles. The molecule has 2 aliphatic carbocycles. The number of carbonyl (C=O) groups is 2. The van der Waals surface area contributed by atoms with Gasteiger partial charge in [0.15, 0.2) is 23.1 Å². The molecule has 0 amide bonds. The summed E-state index contributed by atoms with van der Waals surface area (Å²) >= 11 is 6.00. The number of methoxy groups -OCH3 is 2. The van der Waals surface area contributed by atoms with Crippen molar-refractivity contribution in [2.24, 2.45) is 0 Å². The molecule has 0 radical (unpaired) electrons. The molecule has 0 saturated carbocycles. The molecular weight excluding hydrogens is 502 g/mol. The number of rotatable bonds is 9. The van der Waals surface area contributed by atoms with Crippen LogP contribution in [0.25, 0.3) is 0 Å². The number of benzene rings is 2. The van der Waals surface area contributed by atoms with Gasteiger partial charge in [0.25, 0.3) is 0 Å². The van der Waals surface area contributed by atoms with E-state index in [4.69, 9.17) is 25.8 Å². The van der Waals surface area contributed by atoms with Crippen molar-refractivity contribution >= 4 is 23.2 Å². The molecule has 0 saturated heterocycles. The Morgan fingerprint density at radius 3 is 2.13 bits per heavy atom. The van der Waals surface area contributed by atoms with Crippen LogP contribution in [0.5, 0.6) is 11.5 Å². The van der Waals surface area contributed by atoms with Gasteiger partial charge in [-0.2, -0.15) is 0 Å². The first-order chi connectivity index (χ1) is 18.5. The lowest BCUT2D eigenvalue weighted by Gasteiger charge is -2.44. The highest BCUT2D eigenvalue weighted by Gasteiger charge is 2.43. The van der Waals surface area contributed by atoms with Gasteiger partial charge in [-0.25, -0.2) is 0 Å². The van der Waals surface area contributed by atoms with Gasteiger partial charge in [-0.3, -0.25) is 9.59 Å². The first kappa shape index (κ1) is 26.5. The van der Waals surface area contributed by atoms with Crippen LogP contribution < -0.4 is 9.47 Å². The maximum absolute atomic E-state index is 13.5. The maximum atomic E-state index is 13.5. The Hall–Kier alpha value is -3.09. The van der Waals surface area contributed by atoms with Gasteiger partial charge >= 0.3 is 0 Å². The predicted molar refractivity (Wildman–Crippen MR) is 146 cm³/mol. The summed E-state index contributed by atoms with van der Waals surface area (Å²) in [6, 6.07) is 13.3. The zero-order valence-corrected chi connectivity index (χ0v) is 22.8. The van der Waals surface area contributed by atoms with Crippen LogP contribution >= 0.6 is 11.6 Å². The smallest absolute Gasteiger partial charge is 0.161 e. The van der Waals surface area contributed by atoms with Crippen molar-refractivity contribution in [2.75, 3.05) is 27.4 Å². The number of nitrogens with zero attached hydrogens (tertiary/aromatic N) is 1. The summed E-state index contributed by atoms with van der Waals surface area (Å²) in [5.41, 5.74) is 5.60. The normalized spacial score (nSPS) is 18.0. The Balaban J connectivity index is 1.53. The number of carbonyl (C=O) groups excluding carboxylic acids is 2. The highest BCUT2D eigenvalue weighted by atomic mass is 35.5. The quantitative estimate of drug-likeness (QED) is 0.347. The van der Waals surface area contributed by atoms with E-state index < -0.39 is 0 Å². The number of hydrogen-bond donors (Lipinski definition) is 0. The molecule has 2 aromatic carbocycles. The third kappa shape index (κ3) is 5.25. The molecule has 2 aromatic rings.